The van der Waals surface area contributed by atoms with Crippen molar-refractivity contribution in [3.63, 3.8) is 0 Å². The summed E-state index contributed by atoms with van der Waals surface area (Å²) in [7, 11) is 3.07. The Morgan fingerprint density at radius 3 is 2.30 bits per heavy atom. The number of carbonyl (C=O) groups is 2. The summed E-state index contributed by atoms with van der Waals surface area (Å²) < 4.78 is 37.9. The highest BCUT2D eigenvalue weighted by Crippen LogP contribution is 2.36. The number of esters is 1. The van der Waals surface area contributed by atoms with E-state index < -0.39 is 24.0 Å². The number of para-hydroxylation sites is 1. The second kappa shape index (κ2) is 16.1. The SMILES string of the molecule is COc1ccc([C@H](Cc2c(Cl)c[nH+]cc2Cl)OC(=O)c2ccc(CCN(C(=O)O[C@H]3CN4CCC3CC4)c3ccccc3F)cc2)cc1OC. The largest absolute Gasteiger partial charge is 0.493 e. The Balaban J connectivity index is 1.16. The van der Waals surface area contributed by atoms with Crippen molar-refractivity contribution in [2.24, 2.45) is 5.92 Å². The van der Waals surface area contributed by atoms with Crippen molar-refractivity contribution in [2.75, 3.05) is 45.3 Å². The van der Waals surface area contributed by atoms with E-state index in [1.54, 1.807) is 80.2 Å². The lowest BCUT2D eigenvalue weighted by Gasteiger charge is -2.44. The number of nitrogens with one attached hydrogen (secondary N) is 1. The van der Waals surface area contributed by atoms with Crippen molar-refractivity contribution in [3.05, 3.63) is 117 Å². The van der Waals surface area contributed by atoms with Crippen molar-refractivity contribution < 1.29 is 37.9 Å². The van der Waals surface area contributed by atoms with E-state index in [0.29, 0.717) is 57.1 Å². The van der Waals surface area contributed by atoms with E-state index in [1.165, 1.54) is 18.1 Å². The molecule has 262 valence electrons. The van der Waals surface area contributed by atoms with Gasteiger partial charge in [-0.05, 0) is 85.8 Å². The molecular formula is C38H39Cl2FN3O6+. The molecule has 7 rings (SSSR count). The lowest BCUT2D eigenvalue weighted by atomic mass is 9.86. The van der Waals surface area contributed by atoms with Crippen LogP contribution in [0.15, 0.2) is 79.1 Å². The quantitative estimate of drug-likeness (QED) is 0.141. The van der Waals surface area contributed by atoms with Crippen molar-refractivity contribution in [3.8, 4) is 11.5 Å². The summed E-state index contributed by atoms with van der Waals surface area (Å²) in [6.45, 7) is 2.92. The van der Waals surface area contributed by atoms with E-state index in [1.807, 2.05) is 0 Å². The molecule has 0 spiro atoms. The predicted octanol–water partition coefficient (Wildman–Crippen LogP) is 7.38. The van der Waals surface area contributed by atoms with E-state index >= 15 is 0 Å². The molecular weight excluding hydrogens is 684 g/mol. The molecule has 0 saturated carbocycles. The highest BCUT2D eigenvalue weighted by Gasteiger charge is 2.37. The van der Waals surface area contributed by atoms with Crippen LogP contribution in [0.25, 0.3) is 0 Å². The third-order valence-electron chi connectivity index (χ3n) is 9.44. The van der Waals surface area contributed by atoms with E-state index in [0.717, 1.165) is 31.5 Å². The van der Waals surface area contributed by atoms with Gasteiger partial charge in [-0.25, -0.2) is 19.0 Å². The molecule has 1 aromatic heterocycles. The lowest BCUT2D eigenvalue weighted by Crippen LogP contribution is -2.53. The first kappa shape index (κ1) is 35.4. The number of carbonyl (C=O) groups excluding carboxylic acids is 2. The van der Waals surface area contributed by atoms with Gasteiger partial charge >= 0.3 is 12.1 Å². The minimum absolute atomic E-state index is 0.164. The standard InChI is InChI=1S/C38H38Cl2FN3O6/c1-47-33-12-11-27(19-35(33)48-2)34(20-28-29(39)21-42-22-30(28)40)49-37(45)26-9-7-24(8-10-26)13-18-44(32-6-4-3-5-31(32)41)38(46)50-36-23-43-16-14-25(36)15-17-43/h3-12,19,21-22,25,34,36H,13-18,20,23H2,1-2H3/p+1/t34-,36-/m0/s1. The number of hydrogen-bond donors (Lipinski definition) is 0. The van der Waals surface area contributed by atoms with Gasteiger partial charge in [0.2, 0.25) is 0 Å². The van der Waals surface area contributed by atoms with Crippen LogP contribution < -0.4 is 19.4 Å². The number of halogens is 3. The fraction of sp³-hybridized carbons (Fsp3) is 0.342. The lowest BCUT2D eigenvalue weighted by molar-refractivity contribution is -0.377. The van der Waals surface area contributed by atoms with Gasteiger partial charge in [-0.2, -0.15) is 0 Å². The van der Waals surface area contributed by atoms with Crippen LogP contribution in [0, 0.1) is 11.7 Å². The van der Waals surface area contributed by atoms with Crippen LogP contribution in [-0.4, -0.2) is 63.5 Å². The second-order valence-corrected chi connectivity index (χ2v) is 13.3. The van der Waals surface area contributed by atoms with Crippen molar-refractivity contribution in [1.29, 1.82) is 0 Å². The van der Waals surface area contributed by atoms with Gasteiger partial charge in [-0.3, -0.25) is 9.80 Å². The van der Waals surface area contributed by atoms with Gasteiger partial charge in [0.25, 0.3) is 0 Å². The molecule has 4 aromatic rings. The molecule has 3 aliphatic rings. The smallest absolute Gasteiger partial charge is 0.414 e. The van der Waals surface area contributed by atoms with Crippen molar-refractivity contribution >= 4 is 41.0 Å². The van der Waals surface area contributed by atoms with Crippen LogP contribution in [0.2, 0.25) is 10.0 Å². The van der Waals surface area contributed by atoms with Gasteiger partial charge < -0.3 is 18.9 Å². The molecule has 1 amide bonds. The highest BCUT2D eigenvalue weighted by molar-refractivity contribution is 6.35. The van der Waals surface area contributed by atoms with Crippen molar-refractivity contribution in [2.45, 2.75) is 37.9 Å². The molecule has 3 saturated heterocycles. The summed E-state index contributed by atoms with van der Waals surface area (Å²) >= 11 is 12.9. The first-order chi connectivity index (χ1) is 24.2. The predicted molar refractivity (Wildman–Crippen MR) is 188 cm³/mol. The number of methoxy groups -OCH3 is 2. The Hall–Kier alpha value is -4.38. The number of H-pyrrole nitrogens is 1. The minimum atomic E-state index is -0.768. The van der Waals surface area contributed by atoms with Crippen LogP contribution >= 0.6 is 23.2 Å². The highest BCUT2D eigenvalue weighted by atomic mass is 35.5. The Kier molecular flexibility index (Phi) is 11.4. The Morgan fingerprint density at radius 1 is 0.960 bits per heavy atom. The molecule has 0 radical (unpaired) electrons. The zero-order valence-electron chi connectivity index (χ0n) is 27.9. The average molecular weight is 724 g/mol. The van der Waals surface area contributed by atoms with Crippen LogP contribution in [0.1, 0.15) is 46.0 Å². The topological polar surface area (TPSA) is 91.7 Å². The number of rotatable bonds is 12. The Labute approximate surface area is 300 Å². The summed E-state index contributed by atoms with van der Waals surface area (Å²) in [6, 6.07) is 18.4. The first-order valence-corrected chi connectivity index (χ1v) is 17.3. The molecule has 3 aliphatic heterocycles. The number of amides is 1. The Bertz CT molecular complexity index is 1800. The number of nitrogens with zero attached hydrogens (tertiary/aromatic N) is 2. The van der Waals surface area contributed by atoms with Gasteiger partial charge in [0.1, 0.15) is 28.1 Å². The fourth-order valence-electron chi connectivity index (χ4n) is 6.60. The molecule has 3 fully saturated rings. The zero-order chi connectivity index (χ0) is 35.2. The molecule has 0 unspecified atom stereocenters. The number of anilines is 1. The van der Waals surface area contributed by atoms with Gasteiger partial charge in [-0.15, -0.1) is 0 Å². The fourth-order valence-corrected chi connectivity index (χ4v) is 7.13. The third-order valence-corrected chi connectivity index (χ3v) is 10.1. The number of benzene rings is 3. The zero-order valence-corrected chi connectivity index (χ0v) is 29.4. The normalized spacial score (nSPS) is 18.6. The maximum absolute atomic E-state index is 14.9. The monoisotopic (exact) mass is 722 g/mol. The van der Waals surface area contributed by atoms with Crippen LogP contribution in [0.4, 0.5) is 14.9 Å². The van der Waals surface area contributed by atoms with E-state index in [-0.39, 0.29) is 24.8 Å². The van der Waals surface area contributed by atoms with Crippen molar-refractivity contribution in [1.82, 2.24) is 4.90 Å². The molecule has 4 heterocycles. The van der Waals surface area contributed by atoms with Crippen LogP contribution in [-0.2, 0) is 22.3 Å². The van der Waals surface area contributed by atoms with E-state index in [9.17, 15) is 14.0 Å². The molecule has 12 heteroatoms. The second-order valence-electron chi connectivity index (χ2n) is 12.5. The Morgan fingerprint density at radius 2 is 1.66 bits per heavy atom. The van der Waals surface area contributed by atoms with Gasteiger partial charge in [-0.1, -0.05) is 53.5 Å². The molecule has 50 heavy (non-hydrogen) atoms. The summed E-state index contributed by atoms with van der Waals surface area (Å²) in [6.07, 6.45) is 4.27. The minimum Gasteiger partial charge on any atom is -0.493 e. The molecule has 3 aromatic carbocycles. The third kappa shape index (κ3) is 8.15. The molecule has 0 aliphatic carbocycles. The van der Waals surface area contributed by atoms with E-state index in [4.69, 9.17) is 42.1 Å². The number of aromatic nitrogens is 1. The summed E-state index contributed by atoms with van der Waals surface area (Å²) in [4.78, 5) is 33.6. The molecule has 2 atom stereocenters. The molecule has 2 bridgehead atoms. The first-order valence-electron chi connectivity index (χ1n) is 16.5. The number of aromatic amines is 1. The summed E-state index contributed by atoms with van der Waals surface area (Å²) in [5.41, 5.74) is 2.60. The summed E-state index contributed by atoms with van der Waals surface area (Å²) in [5, 5.41) is 0.806. The molecule has 1 N–H and O–H groups in total. The number of hydrogen-bond acceptors (Lipinski definition) is 7. The van der Waals surface area contributed by atoms with Gasteiger partial charge in [0.15, 0.2) is 23.9 Å². The van der Waals surface area contributed by atoms with Crippen LogP contribution in [0.5, 0.6) is 11.5 Å². The molecule has 9 nitrogen and oxygen atoms in total. The average Bonchev–Trinajstić information content (AvgIpc) is 3.14. The number of pyridine rings is 1. The number of piperidine rings is 3. The van der Waals surface area contributed by atoms with Gasteiger partial charge in [0, 0.05) is 25.1 Å². The maximum atomic E-state index is 14.9. The van der Waals surface area contributed by atoms with E-state index in [2.05, 4.69) is 9.88 Å². The van der Waals surface area contributed by atoms with Gasteiger partial charge in [0.05, 0.1) is 25.5 Å². The number of ether oxygens (including phenoxy) is 4. The summed E-state index contributed by atoms with van der Waals surface area (Å²) in [5.74, 6) is 0.274. The van der Waals surface area contributed by atoms with Crippen LogP contribution in [0.3, 0.4) is 0 Å². The number of fused-ring (bicyclic) bond motifs is 3. The maximum Gasteiger partial charge on any atom is 0.414 e.